The molecule has 6 heteroatoms. The maximum atomic E-state index is 5.82. The van der Waals surface area contributed by atoms with E-state index in [2.05, 4.69) is 10.1 Å². The molecule has 0 aliphatic heterocycles. The molecule has 0 N–H and O–H groups in total. The van der Waals surface area contributed by atoms with E-state index in [9.17, 15) is 0 Å². The van der Waals surface area contributed by atoms with Gasteiger partial charge in [0, 0.05) is 5.56 Å². The second-order valence-electron chi connectivity index (χ2n) is 2.50. The molecular weight excluding hydrogens is 246 g/mol. The van der Waals surface area contributed by atoms with E-state index in [1.54, 1.807) is 18.2 Å². The van der Waals surface area contributed by atoms with Crippen molar-refractivity contribution in [1.29, 1.82) is 0 Å². The fourth-order valence-electron chi connectivity index (χ4n) is 0.952. The van der Waals surface area contributed by atoms with Crippen LogP contribution in [0.25, 0.3) is 11.5 Å². The quantitative estimate of drug-likeness (QED) is 0.773. The second-order valence-corrected chi connectivity index (χ2v) is 3.65. The number of halogens is 3. The van der Waals surface area contributed by atoms with Crippen LogP contribution in [-0.4, -0.2) is 10.1 Å². The zero-order chi connectivity index (χ0) is 10.1. The Hall–Kier alpha value is -0.770. The zero-order valence-electron chi connectivity index (χ0n) is 6.67. The first-order valence-corrected chi connectivity index (χ1v) is 4.75. The molecule has 0 atom stereocenters. The molecule has 1 aromatic carbocycles. The first-order valence-electron chi connectivity index (χ1n) is 3.61. The van der Waals surface area contributed by atoms with Crippen LogP contribution < -0.4 is 0 Å². The molecule has 0 amide bonds. The maximum Gasteiger partial charge on any atom is 0.264 e. The van der Waals surface area contributed by atoms with Gasteiger partial charge in [-0.15, -0.1) is 0 Å². The Balaban J connectivity index is 2.47. The van der Waals surface area contributed by atoms with E-state index in [0.717, 1.165) is 0 Å². The van der Waals surface area contributed by atoms with Crippen molar-refractivity contribution >= 4 is 34.8 Å². The van der Waals surface area contributed by atoms with Crippen molar-refractivity contribution in [3.8, 4) is 11.5 Å². The van der Waals surface area contributed by atoms with Gasteiger partial charge < -0.3 is 4.52 Å². The van der Waals surface area contributed by atoms with E-state index in [1.165, 1.54) is 0 Å². The fraction of sp³-hybridized carbons (Fsp3) is 0. The fourth-order valence-corrected chi connectivity index (χ4v) is 1.36. The standard InChI is InChI=1S/C8H3Cl3N2O/c9-5-2-1-4(3-6(5)10)7-12-8(11)13-14-7/h1-3H. The van der Waals surface area contributed by atoms with Gasteiger partial charge in [0.2, 0.25) is 0 Å². The molecule has 0 saturated carbocycles. The number of hydrogen-bond donors (Lipinski definition) is 0. The minimum Gasteiger partial charge on any atom is -0.333 e. The molecule has 2 rings (SSSR count). The van der Waals surface area contributed by atoms with Gasteiger partial charge in [-0.2, -0.15) is 4.98 Å². The molecular formula is C8H3Cl3N2O. The highest BCUT2D eigenvalue weighted by Gasteiger charge is 2.08. The minimum atomic E-state index is 0.0612. The van der Waals surface area contributed by atoms with Gasteiger partial charge in [-0.3, -0.25) is 0 Å². The summed E-state index contributed by atoms with van der Waals surface area (Å²) in [6, 6.07) is 5.00. The van der Waals surface area contributed by atoms with E-state index in [0.29, 0.717) is 21.5 Å². The lowest BCUT2D eigenvalue weighted by Crippen LogP contribution is -1.77. The first kappa shape index (κ1) is 9.77. The van der Waals surface area contributed by atoms with Crippen molar-refractivity contribution in [2.75, 3.05) is 0 Å². The summed E-state index contributed by atoms with van der Waals surface area (Å²) >= 11 is 17.1. The monoisotopic (exact) mass is 248 g/mol. The number of aromatic nitrogens is 2. The normalized spacial score (nSPS) is 10.5. The Morgan fingerprint density at radius 1 is 1.07 bits per heavy atom. The van der Waals surface area contributed by atoms with Crippen molar-refractivity contribution < 1.29 is 4.52 Å². The molecule has 0 saturated heterocycles. The molecule has 14 heavy (non-hydrogen) atoms. The van der Waals surface area contributed by atoms with Crippen molar-refractivity contribution in [3.63, 3.8) is 0 Å². The van der Waals surface area contributed by atoms with Gasteiger partial charge in [-0.1, -0.05) is 23.2 Å². The highest BCUT2D eigenvalue weighted by atomic mass is 35.5. The van der Waals surface area contributed by atoms with Crippen molar-refractivity contribution in [2.45, 2.75) is 0 Å². The average molecular weight is 249 g/mol. The Morgan fingerprint density at radius 3 is 2.43 bits per heavy atom. The number of nitrogens with zero attached hydrogens (tertiary/aromatic N) is 2. The van der Waals surface area contributed by atoms with Crippen LogP contribution in [0.5, 0.6) is 0 Å². The van der Waals surface area contributed by atoms with Crippen LogP contribution in [0, 0.1) is 0 Å². The van der Waals surface area contributed by atoms with Gasteiger partial charge in [0.25, 0.3) is 11.2 Å². The van der Waals surface area contributed by atoms with Crippen LogP contribution in [-0.2, 0) is 0 Å². The van der Waals surface area contributed by atoms with Crippen molar-refractivity contribution in [2.24, 2.45) is 0 Å². The third kappa shape index (κ3) is 1.85. The van der Waals surface area contributed by atoms with Gasteiger partial charge in [0.15, 0.2) is 0 Å². The number of rotatable bonds is 1. The summed E-state index contributed by atoms with van der Waals surface area (Å²) in [6.45, 7) is 0. The molecule has 0 radical (unpaired) electrons. The lowest BCUT2D eigenvalue weighted by molar-refractivity contribution is 0.430. The predicted octanol–water partition coefficient (Wildman–Crippen LogP) is 3.70. The van der Waals surface area contributed by atoms with Crippen LogP contribution >= 0.6 is 34.8 Å². The summed E-state index contributed by atoms with van der Waals surface area (Å²) in [7, 11) is 0. The summed E-state index contributed by atoms with van der Waals surface area (Å²) < 4.78 is 4.85. The number of hydrogen-bond acceptors (Lipinski definition) is 3. The summed E-state index contributed by atoms with van der Waals surface area (Å²) in [5.74, 6) is 0.313. The van der Waals surface area contributed by atoms with Gasteiger partial charge >= 0.3 is 0 Å². The van der Waals surface area contributed by atoms with E-state index in [4.69, 9.17) is 39.3 Å². The summed E-state index contributed by atoms with van der Waals surface area (Å²) in [5.41, 5.74) is 0.679. The largest absolute Gasteiger partial charge is 0.333 e. The van der Waals surface area contributed by atoms with Crippen molar-refractivity contribution in [3.05, 3.63) is 33.5 Å². The molecule has 0 fully saturated rings. The molecule has 0 unspecified atom stereocenters. The first-order chi connectivity index (χ1) is 6.66. The molecule has 0 aliphatic carbocycles. The minimum absolute atomic E-state index is 0.0612. The van der Waals surface area contributed by atoms with Crippen LogP contribution in [0.4, 0.5) is 0 Å². The van der Waals surface area contributed by atoms with E-state index in [1.807, 2.05) is 0 Å². The van der Waals surface area contributed by atoms with E-state index in [-0.39, 0.29) is 5.28 Å². The lowest BCUT2D eigenvalue weighted by Gasteiger charge is -1.96. The highest BCUT2D eigenvalue weighted by molar-refractivity contribution is 6.42. The molecule has 0 spiro atoms. The second kappa shape index (κ2) is 3.77. The Morgan fingerprint density at radius 2 is 1.86 bits per heavy atom. The molecule has 1 heterocycles. The van der Waals surface area contributed by atoms with Crippen molar-refractivity contribution in [1.82, 2.24) is 10.1 Å². The Bertz CT molecular complexity index is 469. The van der Waals surface area contributed by atoms with Crippen LogP contribution in [0.1, 0.15) is 0 Å². The summed E-state index contributed by atoms with van der Waals surface area (Å²) in [6.07, 6.45) is 0. The molecule has 0 bridgehead atoms. The van der Waals surface area contributed by atoms with Crippen LogP contribution in [0.2, 0.25) is 15.3 Å². The Labute approximate surface area is 94.6 Å². The van der Waals surface area contributed by atoms with Gasteiger partial charge in [0.05, 0.1) is 10.0 Å². The third-order valence-corrected chi connectivity index (χ3v) is 2.46. The van der Waals surface area contributed by atoms with Crippen LogP contribution in [0.3, 0.4) is 0 Å². The number of benzene rings is 1. The van der Waals surface area contributed by atoms with E-state index >= 15 is 0 Å². The van der Waals surface area contributed by atoms with E-state index < -0.39 is 0 Å². The molecule has 72 valence electrons. The van der Waals surface area contributed by atoms with Crippen LogP contribution in [0.15, 0.2) is 22.7 Å². The van der Waals surface area contributed by atoms with Gasteiger partial charge in [0.1, 0.15) is 0 Å². The predicted molar refractivity (Wildman–Crippen MR) is 54.8 cm³/mol. The molecule has 0 aliphatic rings. The SMILES string of the molecule is Clc1noc(-c2ccc(Cl)c(Cl)c2)n1. The highest BCUT2D eigenvalue weighted by Crippen LogP contribution is 2.27. The topological polar surface area (TPSA) is 38.9 Å². The lowest BCUT2D eigenvalue weighted by atomic mass is 10.2. The third-order valence-electron chi connectivity index (χ3n) is 1.57. The summed E-state index contributed by atoms with van der Waals surface area (Å²) in [5, 5.41) is 4.41. The maximum absolute atomic E-state index is 5.82. The van der Waals surface area contributed by atoms with Gasteiger partial charge in [-0.25, -0.2) is 0 Å². The molecule has 3 nitrogen and oxygen atoms in total. The molecule has 1 aromatic heterocycles. The summed E-state index contributed by atoms with van der Waals surface area (Å²) in [4.78, 5) is 3.84. The molecule has 2 aromatic rings. The smallest absolute Gasteiger partial charge is 0.264 e. The van der Waals surface area contributed by atoms with Gasteiger partial charge in [-0.05, 0) is 35.0 Å². The zero-order valence-corrected chi connectivity index (χ0v) is 8.94. The average Bonchev–Trinajstić information content (AvgIpc) is 2.57. The Kier molecular flexibility index (Phi) is 2.63.